The van der Waals surface area contributed by atoms with Gasteiger partial charge in [-0.2, -0.15) is 0 Å². The van der Waals surface area contributed by atoms with Crippen molar-refractivity contribution in [3.05, 3.63) is 69.2 Å². The van der Waals surface area contributed by atoms with Gasteiger partial charge in [-0.15, -0.1) is 0 Å². The lowest BCUT2D eigenvalue weighted by molar-refractivity contribution is -0.384. The fraction of sp³-hybridized carbons (Fsp3) is 0.333. The number of rotatable bonds is 7. The Morgan fingerprint density at radius 1 is 1.30 bits per heavy atom. The van der Waals surface area contributed by atoms with Gasteiger partial charge in [-0.05, 0) is 32.9 Å². The Hall–Kier alpha value is -3.46. The molecule has 1 aliphatic rings. The topological polar surface area (TPSA) is 123 Å². The third-order valence-electron chi connectivity index (χ3n) is 4.68. The maximum atomic E-state index is 12.8. The molecule has 0 spiro atoms. The van der Waals surface area contributed by atoms with E-state index in [-0.39, 0.29) is 36.1 Å². The smallest absolute Gasteiger partial charge is 0.295 e. The average molecular weight is 414 g/mol. The number of non-ortho nitro benzene ring substituents is 1. The maximum Gasteiger partial charge on any atom is 0.295 e. The van der Waals surface area contributed by atoms with Gasteiger partial charge in [0.25, 0.3) is 17.4 Å². The maximum absolute atomic E-state index is 12.8. The molecule has 0 saturated carbocycles. The van der Waals surface area contributed by atoms with Crippen LogP contribution in [0.5, 0.6) is 0 Å². The number of Topliss-reactive ketones (excluding diaryl/α,β-unsaturated/α-hetero) is 1. The Kier molecular flexibility index (Phi) is 6.02. The highest BCUT2D eigenvalue weighted by molar-refractivity contribution is 6.46. The van der Waals surface area contributed by atoms with Gasteiger partial charge in [-0.1, -0.05) is 12.1 Å². The summed E-state index contributed by atoms with van der Waals surface area (Å²) in [5.74, 6) is -1.30. The highest BCUT2D eigenvalue weighted by Gasteiger charge is 2.47. The van der Waals surface area contributed by atoms with E-state index in [0.29, 0.717) is 11.5 Å². The lowest BCUT2D eigenvalue weighted by Crippen LogP contribution is -2.33. The summed E-state index contributed by atoms with van der Waals surface area (Å²) >= 11 is 0. The minimum Gasteiger partial charge on any atom is -0.507 e. The van der Waals surface area contributed by atoms with Gasteiger partial charge in [0.2, 0.25) is 0 Å². The third-order valence-corrected chi connectivity index (χ3v) is 4.68. The first-order valence-electron chi connectivity index (χ1n) is 9.42. The molecule has 1 aliphatic heterocycles. The quantitative estimate of drug-likeness (QED) is 0.242. The first-order valence-corrected chi connectivity index (χ1v) is 9.42. The summed E-state index contributed by atoms with van der Waals surface area (Å²) in [6.07, 6.45) is -0.0593. The number of hydrogen-bond donors (Lipinski definition) is 1. The second-order valence-corrected chi connectivity index (χ2v) is 7.17. The monoisotopic (exact) mass is 414 g/mol. The Balaban J connectivity index is 2.09. The van der Waals surface area contributed by atoms with Crippen LogP contribution in [0.3, 0.4) is 0 Å². The van der Waals surface area contributed by atoms with Gasteiger partial charge in [0.15, 0.2) is 0 Å². The highest BCUT2D eigenvalue weighted by atomic mass is 16.6. The Labute approximate surface area is 172 Å². The number of carbonyl (C=O) groups excluding carboxylic acids is 2. The van der Waals surface area contributed by atoms with Crippen molar-refractivity contribution in [3.8, 4) is 0 Å². The molecule has 9 nitrogen and oxygen atoms in total. The standard InChI is InChI=1S/C21H22N2O7/c1-12(2)29-10-9-22-18(16-8-7-13(3)30-16)17(20(25)21(22)26)19(24)14-5-4-6-15(11-14)23(27)28/h4-8,11-12,18,24H,9-10H2,1-3H3/b19-17-. The van der Waals surface area contributed by atoms with Crippen molar-refractivity contribution < 1.29 is 28.8 Å². The molecule has 2 heterocycles. The number of ether oxygens (including phenoxy) is 1. The molecule has 1 aromatic heterocycles. The van der Waals surface area contributed by atoms with Crippen LogP contribution in [-0.2, 0) is 14.3 Å². The molecule has 1 unspecified atom stereocenters. The van der Waals surface area contributed by atoms with E-state index in [2.05, 4.69) is 0 Å². The van der Waals surface area contributed by atoms with Crippen LogP contribution >= 0.6 is 0 Å². The van der Waals surface area contributed by atoms with Crippen LogP contribution in [0.25, 0.3) is 5.76 Å². The molecule has 9 heteroatoms. The van der Waals surface area contributed by atoms with Crippen molar-refractivity contribution in [1.29, 1.82) is 0 Å². The number of aliphatic hydroxyl groups is 1. The van der Waals surface area contributed by atoms with Gasteiger partial charge in [0.05, 0.1) is 23.2 Å². The van der Waals surface area contributed by atoms with E-state index in [1.54, 1.807) is 19.1 Å². The highest BCUT2D eigenvalue weighted by Crippen LogP contribution is 2.40. The minimum atomic E-state index is -0.964. The third kappa shape index (κ3) is 4.11. The van der Waals surface area contributed by atoms with Gasteiger partial charge in [0, 0.05) is 24.2 Å². The predicted molar refractivity (Wildman–Crippen MR) is 107 cm³/mol. The average Bonchev–Trinajstić information content (AvgIpc) is 3.23. The number of hydrogen-bond acceptors (Lipinski definition) is 7. The van der Waals surface area contributed by atoms with Crippen LogP contribution in [-0.4, -0.2) is 45.9 Å². The molecule has 3 rings (SSSR count). The molecule has 0 aliphatic carbocycles. The van der Waals surface area contributed by atoms with E-state index in [1.165, 1.54) is 23.1 Å². The molecule has 0 bridgehead atoms. The Bertz CT molecular complexity index is 1020. The van der Waals surface area contributed by atoms with Crippen molar-refractivity contribution in [3.63, 3.8) is 0 Å². The summed E-state index contributed by atoms with van der Waals surface area (Å²) in [5, 5.41) is 21.9. The van der Waals surface area contributed by atoms with Crippen molar-refractivity contribution >= 4 is 23.1 Å². The predicted octanol–water partition coefficient (Wildman–Crippen LogP) is 3.34. The van der Waals surface area contributed by atoms with Crippen molar-refractivity contribution in [1.82, 2.24) is 4.90 Å². The van der Waals surface area contributed by atoms with E-state index < -0.39 is 28.4 Å². The van der Waals surface area contributed by atoms with E-state index in [4.69, 9.17) is 9.15 Å². The first kappa shape index (κ1) is 21.3. The van der Waals surface area contributed by atoms with Crippen LogP contribution < -0.4 is 0 Å². The number of benzene rings is 1. The Morgan fingerprint density at radius 3 is 2.63 bits per heavy atom. The molecule has 1 aromatic carbocycles. The number of nitro benzene ring substituents is 1. The number of furan rings is 1. The summed E-state index contributed by atoms with van der Waals surface area (Å²) in [5.41, 5.74) is -0.364. The zero-order valence-electron chi connectivity index (χ0n) is 16.8. The number of ketones is 1. The fourth-order valence-electron chi connectivity index (χ4n) is 3.32. The summed E-state index contributed by atoms with van der Waals surface area (Å²) in [6, 6.07) is 7.60. The van der Waals surface area contributed by atoms with Gasteiger partial charge in [0.1, 0.15) is 23.3 Å². The lowest BCUT2D eigenvalue weighted by Gasteiger charge is -2.23. The van der Waals surface area contributed by atoms with E-state index in [0.717, 1.165) is 6.07 Å². The lowest BCUT2D eigenvalue weighted by atomic mass is 9.99. The number of likely N-dealkylation sites (tertiary alicyclic amines) is 1. The number of nitro groups is 1. The van der Waals surface area contributed by atoms with Crippen molar-refractivity contribution in [2.75, 3.05) is 13.2 Å². The van der Waals surface area contributed by atoms with Crippen LogP contribution in [0.1, 0.15) is 37.0 Å². The number of nitrogens with zero attached hydrogens (tertiary/aromatic N) is 2. The summed E-state index contributed by atoms with van der Waals surface area (Å²) < 4.78 is 11.2. The number of carbonyl (C=O) groups is 2. The molecule has 1 amide bonds. The summed E-state index contributed by atoms with van der Waals surface area (Å²) in [7, 11) is 0. The van der Waals surface area contributed by atoms with E-state index in [9.17, 15) is 24.8 Å². The van der Waals surface area contributed by atoms with Gasteiger partial charge < -0.3 is 19.2 Å². The van der Waals surface area contributed by atoms with Crippen LogP contribution in [0.4, 0.5) is 5.69 Å². The van der Waals surface area contributed by atoms with E-state index in [1.807, 2.05) is 13.8 Å². The summed E-state index contributed by atoms with van der Waals surface area (Å²) in [6.45, 7) is 5.72. The minimum absolute atomic E-state index is 0.0593. The molecule has 0 radical (unpaired) electrons. The van der Waals surface area contributed by atoms with Crippen molar-refractivity contribution in [2.24, 2.45) is 0 Å². The second kappa shape index (κ2) is 8.50. The molecule has 30 heavy (non-hydrogen) atoms. The van der Waals surface area contributed by atoms with Gasteiger partial charge in [-0.25, -0.2) is 0 Å². The summed E-state index contributed by atoms with van der Waals surface area (Å²) in [4.78, 5) is 37.3. The van der Waals surface area contributed by atoms with Crippen LogP contribution in [0.15, 0.2) is 46.4 Å². The molecule has 1 saturated heterocycles. The normalized spacial score (nSPS) is 18.4. The van der Waals surface area contributed by atoms with Crippen LogP contribution in [0.2, 0.25) is 0 Å². The molecular formula is C21H22N2O7. The fourth-order valence-corrected chi connectivity index (χ4v) is 3.32. The molecular weight excluding hydrogens is 392 g/mol. The van der Waals surface area contributed by atoms with E-state index >= 15 is 0 Å². The van der Waals surface area contributed by atoms with Crippen molar-refractivity contribution in [2.45, 2.75) is 32.9 Å². The SMILES string of the molecule is Cc1ccc(C2/C(=C(/O)c3cccc([N+](=O)[O-])c3)C(=O)C(=O)N2CCOC(C)C)o1. The largest absolute Gasteiger partial charge is 0.507 e. The molecule has 158 valence electrons. The molecule has 1 N–H and O–H groups in total. The Morgan fingerprint density at radius 2 is 2.03 bits per heavy atom. The zero-order valence-corrected chi connectivity index (χ0v) is 16.8. The number of aliphatic hydroxyl groups excluding tert-OH is 1. The second-order valence-electron chi connectivity index (χ2n) is 7.17. The molecule has 1 fully saturated rings. The van der Waals surface area contributed by atoms with Gasteiger partial charge >= 0.3 is 0 Å². The first-order chi connectivity index (χ1) is 14.2. The van der Waals surface area contributed by atoms with Gasteiger partial charge in [-0.3, -0.25) is 19.7 Å². The molecule has 2 aromatic rings. The van der Waals surface area contributed by atoms with Crippen LogP contribution in [0, 0.1) is 17.0 Å². The zero-order chi connectivity index (χ0) is 22.0. The number of amides is 1. The molecule has 1 atom stereocenters. The number of aryl methyl sites for hydroxylation is 1.